The van der Waals surface area contributed by atoms with Gasteiger partial charge in [-0.25, -0.2) is 4.98 Å². The number of fused-ring (bicyclic) bond motifs is 6. The quantitative estimate of drug-likeness (QED) is 0.600. The van der Waals surface area contributed by atoms with Crippen LogP contribution in [0.4, 0.5) is 0 Å². The Morgan fingerprint density at radius 1 is 1.17 bits per heavy atom. The molecule has 0 unspecified atom stereocenters. The summed E-state index contributed by atoms with van der Waals surface area (Å²) in [5.74, 6) is 0.945. The van der Waals surface area contributed by atoms with Crippen molar-refractivity contribution in [1.29, 1.82) is 0 Å². The van der Waals surface area contributed by atoms with Crippen LogP contribution in [0, 0.1) is 6.92 Å². The summed E-state index contributed by atoms with van der Waals surface area (Å²) in [7, 11) is 1.39. The smallest absolute Gasteiger partial charge is 0.310 e. The van der Waals surface area contributed by atoms with Gasteiger partial charge in [-0.05, 0) is 54.7 Å². The van der Waals surface area contributed by atoms with Crippen molar-refractivity contribution in [2.45, 2.75) is 32.8 Å². The fourth-order valence-electron chi connectivity index (χ4n) is 3.59. The van der Waals surface area contributed by atoms with Crippen molar-refractivity contribution in [2.75, 3.05) is 13.7 Å². The van der Waals surface area contributed by atoms with E-state index in [4.69, 9.17) is 14.2 Å². The Hall–Kier alpha value is -3.41. The number of rotatable bonds is 2. The van der Waals surface area contributed by atoms with Gasteiger partial charge < -0.3 is 14.2 Å². The Kier molecular flexibility index (Phi) is 5.93. The molecule has 0 spiro atoms. The number of esters is 1. The van der Waals surface area contributed by atoms with Crippen molar-refractivity contribution in [1.82, 2.24) is 9.97 Å². The van der Waals surface area contributed by atoms with Gasteiger partial charge in [0.25, 0.3) is 0 Å². The molecule has 3 heterocycles. The Labute approximate surface area is 175 Å². The third-order valence-electron chi connectivity index (χ3n) is 5.20. The molecule has 0 N–H and O–H groups in total. The maximum absolute atomic E-state index is 11.9. The largest absolute Gasteiger partial charge is 0.493 e. The number of carbonyl (C=O) groups is 1. The van der Waals surface area contributed by atoms with Gasteiger partial charge in [0, 0.05) is 29.6 Å². The van der Waals surface area contributed by atoms with Gasteiger partial charge in [-0.15, -0.1) is 0 Å². The van der Waals surface area contributed by atoms with Crippen LogP contribution in [-0.4, -0.2) is 29.7 Å². The molecule has 154 valence electrons. The van der Waals surface area contributed by atoms with Crippen LogP contribution in [0.25, 0.3) is 11.3 Å². The number of methoxy groups -OCH3 is 1. The first-order valence-corrected chi connectivity index (χ1v) is 9.99. The SMILES string of the molecule is COC(=O)Cc1cc(C)c2cc1OCCCc1cnccc1COc1cccc-2n1. The molecule has 6 heteroatoms. The number of carbonyl (C=O) groups excluding carboxylic acids is 1. The maximum Gasteiger partial charge on any atom is 0.310 e. The Bertz CT molecular complexity index is 1060. The first-order chi connectivity index (χ1) is 14.6. The van der Waals surface area contributed by atoms with Crippen LogP contribution in [0.2, 0.25) is 0 Å². The topological polar surface area (TPSA) is 70.5 Å². The van der Waals surface area contributed by atoms with Gasteiger partial charge in [0.1, 0.15) is 12.4 Å². The zero-order valence-electron chi connectivity index (χ0n) is 17.2. The van der Waals surface area contributed by atoms with E-state index in [1.165, 1.54) is 7.11 Å². The highest BCUT2D eigenvalue weighted by atomic mass is 16.5. The minimum absolute atomic E-state index is 0.163. The second-order valence-corrected chi connectivity index (χ2v) is 7.27. The molecule has 4 bridgehead atoms. The number of hydrogen-bond acceptors (Lipinski definition) is 6. The van der Waals surface area contributed by atoms with Crippen LogP contribution in [0.3, 0.4) is 0 Å². The standard InChI is InChI=1S/C24H24N2O4/c1-16-11-19(12-24(27)28-2)22-13-20(16)21-6-3-7-23(26-21)30-15-18-8-9-25-14-17(18)5-4-10-29-22/h3,6-9,11,13-14H,4-5,10,12,15H2,1-2H3. The van der Waals surface area contributed by atoms with Crippen LogP contribution < -0.4 is 9.47 Å². The first kappa shape index (κ1) is 19.9. The molecule has 1 aliphatic rings. The molecule has 2 aromatic heterocycles. The lowest BCUT2D eigenvalue weighted by Crippen LogP contribution is -2.10. The second kappa shape index (κ2) is 8.95. The zero-order chi connectivity index (χ0) is 20.9. The fraction of sp³-hybridized carbons (Fsp3) is 0.292. The lowest BCUT2D eigenvalue weighted by atomic mass is 9.99. The van der Waals surface area contributed by atoms with Gasteiger partial charge in [0.2, 0.25) is 5.88 Å². The van der Waals surface area contributed by atoms with Crippen molar-refractivity contribution in [3.05, 3.63) is 71.0 Å². The average molecular weight is 404 g/mol. The molecule has 0 amide bonds. The first-order valence-electron chi connectivity index (χ1n) is 9.99. The summed E-state index contributed by atoms with van der Waals surface area (Å²) in [6.07, 6.45) is 5.46. The van der Waals surface area contributed by atoms with Gasteiger partial charge in [-0.2, -0.15) is 0 Å². The van der Waals surface area contributed by atoms with E-state index in [9.17, 15) is 4.79 Å². The van der Waals surface area contributed by atoms with Crippen molar-refractivity contribution in [3.63, 3.8) is 0 Å². The van der Waals surface area contributed by atoms with Gasteiger partial charge in [-0.3, -0.25) is 9.78 Å². The van der Waals surface area contributed by atoms with Crippen LogP contribution in [0.5, 0.6) is 11.6 Å². The predicted molar refractivity (Wildman–Crippen MR) is 113 cm³/mol. The van der Waals surface area contributed by atoms with Gasteiger partial charge in [0.15, 0.2) is 0 Å². The molecule has 4 rings (SSSR count). The van der Waals surface area contributed by atoms with E-state index >= 15 is 0 Å². The molecule has 0 aliphatic carbocycles. The summed E-state index contributed by atoms with van der Waals surface area (Å²) >= 11 is 0. The molecule has 6 nitrogen and oxygen atoms in total. The summed E-state index contributed by atoms with van der Waals surface area (Å²) in [6, 6.07) is 11.6. The van der Waals surface area contributed by atoms with E-state index in [-0.39, 0.29) is 12.4 Å². The molecule has 0 radical (unpaired) electrons. The number of hydrogen-bond donors (Lipinski definition) is 0. The number of aryl methyl sites for hydroxylation is 2. The highest BCUT2D eigenvalue weighted by molar-refractivity contribution is 5.75. The van der Waals surface area contributed by atoms with Gasteiger partial charge in [-0.1, -0.05) is 12.1 Å². The molecule has 1 aliphatic heterocycles. The number of benzene rings is 1. The number of ether oxygens (including phenoxy) is 3. The zero-order valence-corrected chi connectivity index (χ0v) is 17.2. The molecule has 1 aromatic carbocycles. The van der Waals surface area contributed by atoms with Crippen LogP contribution in [-0.2, 0) is 29.0 Å². The maximum atomic E-state index is 11.9. The van der Waals surface area contributed by atoms with E-state index in [2.05, 4.69) is 9.97 Å². The monoisotopic (exact) mass is 404 g/mol. The number of nitrogens with zero attached hydrogens (tertiary/aromatic N) is 2. The highest BCUT2D eigenvalue weighted by Gasteiger charge is 2.16. The molecule has 3 aromatic rings. The summed E-state index contributed by atoms with van der Waals surface area (Å²) in [5.41, 5.74) is 5.79. The molecule has 0 fully saturated rings. The second-order valence-electron chi connectivity index (χ2n) is 7.27. The van der Waals surface area contributed by atoms with Crippen molar-refractivity contribution in [2.24, 2.45) is 0 Å². The van der Waals surface area contributed by atoms with E-state index < -0.39 is 0 Å². The van der Waals surface area contributed by atoms with Crippen LogP contribution in [0.1, 0.15) is 28.7 Å². The lowest BCUT2D eigenvalue weighted by molar-refractivity contribution is -0.139. The van der Waals surface area contributed by atoms with Crippen molar-refractivity contribution < 1.29 is 19.0 Å². The number of aromatic nitrogens is 2. The minimum atomic E-state index is -0.296. The Morgan fingerprint density at radius 3 is 2.93 bits per heavy atom. The fourth-order valence-corrected chi connectivity index (χ4v) is 3.59. The minimum Gasteiger partial charge on any atom is -0.493 e. The molecular formula is C24H24N2O4. The summed E-state index contributed by atoms with van der Waals surface area (Å²) in [4.78, 5) is 20.8. The Morgan fingerprint density at radius 2 is 2.07 bits per heavy atom. The highest BCUT2D eigenvalue weighted by Crippen LogP contribution is 2.32. The molecule has 0 saturated heterocycles. The predicted octanol–water partition coefficient (Wildman–Crippen LogP) is 4.07. The van der Waals surface area contributed by atoms with Crippen LogP contribution in [0.15, 0.2) is 48.8 Å². The normalized spacial score (nSPS) is 13.3. The molecule has 0 atom stereocenters. The van der Waals surface area contributed by atoms with E-state index in [0.29, 0.717) is 24.8 Å². The van der Waals surface area contributed by atoms with Gasteiger partial charge >= 0.3 is 5.97 Å². The van der Waals surface area contributed by atoms with E-state index in [0.717, 1.165) is 46.4 Å². The molecule has 0 saturated carbocycles. The summed E-state index contributed by atoms with van der Waals surface area (Å²) < 4.78 is 17.0. The summed E-state index contributed by atoms with van der Waals surface area (Å²) in [6.45, 7) is 2.97. The number of pyridine rings is 2. The third-order valence-corrected chi connectivity index (χ3v) is 5.20. The van der Waals surface area contributed by atoms with Crippen molar-refractivity contribution in [3.8, 4) is 22.9 Å². The van der Waals surface area contributed by atoms with Crippen molar-refractivity contribution >= 4 is 5.97 Å². The Balaban J connectivity index is 1.75. The molecule has 30 heavy (non-hydrogen) atoms. The van der Waals surface area contributed by atoms with E-state index in [1.54, 1.807) is 6.20 Å². The average Bonchev–Trinajstić information content (AvgIpc) is 2.76. The van der Waals surface area contributed by atoms with Gasteiger partial charge in [0.05, 0.1) is 25.8 Å². The molecular weight excluding hydrogens is 380 g/mol. The van der Waals surface area contributed by atoms with Crippen LogP contribution >= 0.6 is 0 Å². The van der Waals surface area contributed by atoms with E-state index in [1.807, 2.05) is 49.5 Å². The third kappa shape index (κ3) is 4.43. The lowest BCUT2D eigenvalue weighted by Gasteiger charge is -2.17. The summed E-state index contributed by atoms with van der Waals surface area (Å²) in [5, 5.41) is 0.